The first-order valence-corrected chi connectivity index (χ1v) is 9.26. The summed E-state index contributed by atoms with van der Waals surface area (Å²) in [5.41, 5.74) is 5.80. The molecule has 1 aromatic carbocycles. The van der Waals surface area contributed by atoms with Crippen LogP contribution in [-0.2, 0) is 6.42 Å². The molecule has 0 saturated carbocycles. The summed E-state index contributed by atoms with van der Waals surface area (Å²) in [4.78, 5) is 18.8. The van der Waals surface area contributed by atoms with Crippen molar-refractivity contribution in [2.45, 2.75) is 26.2 Å². The number of fused-ring (bicyclic) bond motifs is 1. The number of nitrogens with zero attached hydrogens (tertiary/aromatic N) is 2. The Kier molecular flexibility index (Phi) is 4.75. The predicted octanol–water partition coefficient (Wildman–Crippen LogP) is 4.78. The van der Waals surface area contributed by atoms with Gasteiger partial charge in [-0.1, -0.05) is 25.5 Å². The van der Waals surface area contributed by atoms with Gasteiger partial charge in [0, 0.05) is 35.9 Å². The van der Waals surface area contributed by atoms with E-state index in [4.69, 9.17) is 0 Å². The maximum absolute atomic E-state index is 11.6. The summed E-state index contributed by atoms with van der Waals surface area (Å²) < 4.78 is 1.99. The van der Waals surface area contributed by atoms with Crippen molar-refractivity contribution in [1.29, 1.82) is 0 Å². The number of unbranched alkanes of at least 4 members (excludes halogenated alkanes) is 1. The lowest BCUT2D eigenvalue weighted by Crippen LogP contribution is -2.04. The van der Waals surface area contributed by atoms with Crippen LogP contribution in [0.15, 0.2) is 71.9 Å². The molecule has 27 heavy (non-hydrogen) atoms. The minimum absolute atomic E-state index is 0.119. The van der Waals surface area contributed by atoms with Gasteiger partial charge < -0.3 is 10.3 Å². The van der Waals surface area contributed by atoms with Crippen LogP contribution in [0.2, 0.25) is 0 Å². The van der Waals surface area contributed by atoms with E-state index in [9.17, 15) is 4.79 Å². The smallest absolute Gasteiger partial charge is 0.248 e. The number of aromatic nitrogens is 3. The summed E-state index contributed by atoms with van der Waals surface area (Å²) >= 11 is 0. The number of rotatable bonds is 6. The minimum Gasteiger partial charge on any atom is -0.352 e. The summed E-state index contributed by atoms with van der Waals surface area (Å²) in [6.07, 6.45) is 8.87. The highest BCUT2D eigenvalue weighted by Gasteiger charge is 2.09. The van der Waals surface area contributed by atoms with Gasteiger partial charge in [0.25, 0.3) is 0 Å². The summed E-state index contributed by atoms with van der Waals surface area (Å²) in [6, 6.07) is 16.0. The Balaban J connectivity index is 1.65. The molecule has 0 unspecified atom stereocenters. The molecule has 3 heterocycles. The molecule has 4 aromatic rings. The first-order valence-electron chi connectivity index (χ1n) is 9.26. The molecule has 0 atom stereocenters. The number of aryl methyl sites for hydroxylation is 1. The highest BCUT2D eigenvalue weighted by molar-refractivity contribution is 5.78. The van der Waals surface area contributed by atoms with Gasteiger partial charge in [0.2, 0.25) is 5.56 Å². The molecule has 0 radical (unpaired) electrons. The van der Waals surface area contributed by atoms with E-state index in [1.165, 1.54) is 18.4 Å². The summed E-state index contributed by atoms with van der Waals surface area (Å²) in [6.45, 7) is 2.21. The number of hydrogen-bond donors (Lipinski definition) is 2. The molecule has 0 fully saturated rings. The van der Waals surface area contributed by atoms with E-state index >= 15 is 0 Å². The molecule has 0 aliphatic heterocycles. The van der Waals surface area contributed by atoms with E-state index in [-0.39, 0.29) is 5.56 Å². The van der Waals surface area contributed by atoms with Gasteiger partial charge in [0.05, 0.1) is 11.4 Å². The quantitative estimate of drug-likeness (QED) is 0.522. The molecule has 2 N–H and O–H groups in total. The number of hydrogen-bond acceptors (Lipinski definition) is 3. The van der Waals surface area contributed by atoms with Crippen molar-refractivity contribution in [3.8, 4) is 11.3 Å². The topological polar surface area (TPSA) is 62.2 Å². The van der Waals surface area contributed by atoms with Gasteiger partial charge in [-0.15, -0.1) is 0 Å². The van der Waals surface area contributed by atoms with E-state index in [1.54, 1.807) is 18.5 Å². The van der Waals surface area contributed by atoms with Gasteiger partial charge >= 0.3 is 0 Å². The zero-order valence-electron chi connectivity index (χ0n) is 15.3. The molecule has 0 saturated heterocycles. The van der Waals surface area contributed by atoms with Gasteiger partial charge in [0.15, 0.2) is 5.65 Å². The third-order valence-electron chi connectivity index (χ3n) is 4.67. The third kappa shape index (κ3) is 3.62. The fourth-order valence-corrected chi connectivity index (χ4v) is 3.24. The average molecular weight is 358 g/mol. The molecule has 0 amide bonds. The van der Waals surface area contributed by atoms with Crippen molar-refractivity contribution in [2.24, 2.45) is 0 Å². The van der Waals surface area contributed by atoms with Crippen molar-refractivity contribution < 1.29 is 0 Å². The number of nitrogens with one attached hydrogen (secondary N) is 2. The predicted molar refractivity (Wildman–Crippen MR) is 110 cm³/mol. The SMILES string of the molecule is CCCCc1ccc(Nc2ccc(-c3cc[nH]c(=O)c3)n3ccnc23)cc1. The molecule has 0 bridgehead atoms. The summed E-state index contributed by atoms with van der Waals surface area (Å²) in [7, 11) is 0. The Morgan fingerprint density at radius 2 is 1.96 bits per heavy atom. The van der Waals surface area contributed by atoms with Crippen LogP contribution in [0.3, 0.4) is 0 Å². The number of anilines is 2. The van der Waals surface area contributed by atoms with Crippen LogP contribution in [0.25, 0.3) is 16.9 Å². The second-order valence-electron chi connectivity index (χ2n) is 6.62. The van der Waals surface area contributed by atoms with Crippen molar-refractivity contribution in [3.05, 3.63) is 83.0 Å². The highest BCUT2D eigenvalue weighted by atomic mass is 16.1. The number of aromatic amines is 1. The van der Waals surface area contributed by atoms with Crippen LogP contribution < -0.4 is 10.9 Å². The first-order chi connectivity index (χ1) is 13.2. The van der Waals surface area contributed by atoms with Crippen molar-refractivity contribution in [2.75, 3.05) is 5.32 Å². The number of imidazole rings is 1. The molecule has 0 spiro atoms. The Morgan fingerprint density at radius 3 is 2.74 bits per heavy atom. The van der Waals surface area contributed by atoms with Crippen LogP contribution in [-0.4, -0.2) is 14.4 Å². The highest BCUT2D eigenvalue weighted by Crippen LogP contribution is 2.27. The van der Waals surface area contributed by atoms with Gasteiger partial charge in [-0.2, -0.15) is 0 Å². The zero-order chi connectivity index (χ0) is 18.6. The molecular formula is C22H22N4O. The fourth-order valence-electron chi connectivity index (χ4n) is 3.24. The number of pyridine rings is 2. The molecule has 4 rings (SSSR count). The fraction of sp³-hybridized carbons (Fsp3) is 0.182. The molecular weight excluding hydrogens is 336 g/mol. The van der Waals surface area contributed by atoms with E-state index in [1.807, 2.05) is 28.8 Å². The standard InChI is InChI=1S/C22H22N4O/c1-2-3-4-16-5-7-18(8-6-16)25-19-9-10-20(26-14-13-24-22(19)26)17-11-12-23-21(27)15-17/h5-15,25H,2-4H2,1H3,(H,23,27). The van der Waals surface area contributed by atoms with Gasteiger partial charge in [-0.3, -0.25) is 9.20 Å². The lowest BCUT2D eigenvalue weighted by atomic mass is 10.1. The molecule has 0 aliphatic rings. The Morgan fingerprint density at radius 1 is 1.11 bits per heavy atom. The van der Waals surface area contributed by atoms with Crippen LogP contribution >= 0.6 is 0 Å². The Hall–Kier alpha value is -3.34. The summed E-state index contributed by atoms with van der Waals surface area (Å²) in [5.74, 6) is 0. The maximum atomic E-state index is 11.6. The van der Waals surface area contributed by atoms with Crippen LogP contribution in [0.1, 0.15) is 25.3 Å². The monoisotopic (exact) mass is 358 g/mol. The van der Waals surface area contributed by atoms with Gasteiger partial charge in [-0.25, -0.2) is 4.98 Å². The van der Waals surface area contributed by atoms with Gasteiger partial charge in [0.1, 0.15) is 0 Å². The Labute approximate surface area is 157 Å². The van der Waals surface area contributed by atoms with E-state index in [0.717, 1.165) is 34.7 Å². The van der Waals surface area contributed by atoms with Crippen LogP contribution in [0.5, 0.6) is 0 Å². The molecule has 3 aromatic heterocycles. The number of benzene rings is 1. The lowest BCUT2D eigenvalue weighted by molar-refractivity contribution is 0.795. The second kappa shape index (κ2) is 7.50. The number of H-pyrrole nitrogens is 1. The molecule has 5 heteroatoms. The van der Waals surface area contributed by atoms with E-state index < -0.39 is 0 Å². The van der Waals surface area contributed by atoms with E-state index in [2.05, 4.69) is 46.5 Å². The van der Waals surface area contributed by atoms with E-state index in [0.29, 0.717) is 0 Å². The van der Waals surface area contributed by atoms with Crippen LogP contribution in [0.4, 0.5) is 11.4 Å². The zero-order valence-corrected chi connectivity index (χ0v) is 15.3. The normalized spacial score (nSPS) is 11.0. The molecule has 136 valence electrons. The molecule has 5 nitrogen and oxygen atoms in total. The van der Waals surface area contributed by atoms with Crippen molar-refractivity contribution in [1.82, 2.24) is 14.4 Å². The third-order valence-corrected chi connectivity index (χ3v) is 4.67. The maximum Gasteiger partial charge on any atom is 0.248 e. The van der Waals surface area contributed by atoms with Crippen molar-refractivity contribution in [3.63, 3.8) is 0 Å². The lowest BCUT2D eigenvalue weighted by Gasteiger charge is -2.12. The minimum atomic E-state index is -0.119. The Bertz CT molecular complexity index is 1110. The average Bonchev–Trinajstić information content (AvgIpc) is 3.18. The van der Waals surface area contributed by atoms with Crippen LogP contribution in [0, 0.1) is 0 Å². The molecule has 0 aliphatic carbocycles. The van der Waals surface area contributed by atoms with Crippen molar-refractivity contribution >= 4 is 17.0 Å². The largest absolute Gasteiger partial charge is 0.352 e. The second-order valence-corrected chi connectivity index (χ2v) is 6.62. The first kappa shape index (κ1) is 17.1. The van der Waals surface area contributed by atoms with Gasteiger partial charge in [-0.05, 0) is 48.7 Å². The summed E-state index contributed by atoms with van der Waals surface area (Å²) in [5, 5.41) is 3.46.